The zero-order chi connectivity index (χ0) is 10.2. The van der Waals surface area contributed by atoms with Crippen molar-refractivity contribution in [2.24, 2.45) is 0 Å². The van der Waals surface area contributed by atoms with Crippen LogP contribution in [0.2, 0.25) is 0 Å². The minimum Gasteiger partial charge on any atom is -0.379 e. The zero-order valence-electron chi connectivity index (χ0n) is 8.36. The van der Waals surface area contributed by atoms with Gasteiger partial charge < -0.3 is 15.2 Å². The van der Waals surface area contributed by atoms with Gasteiger partial charge in [0.2, 0.25) is 0 Å². The molecule has 0 aliphatic heterocycles. The molecule has 5 heteroatoms. The van der Waals surface area contributed by atoms with Crippen molar-refractivity contribution in [3.63, 3.8) is 0 Å². The smallest absolute Gasteiger partial charge is 0.180 e. The summed E-state index contributed by atoms with van der Waals surface area (Å²) in [6.45, 7) is 4.65. The van der Waals surface area contributed by atoms with E-state index in [9.17, 15) is 0 Å². The van der Waals surface area contributed by atoms with E-state index in [0.29, 0.717) is 25.0 Å². The van der Waals surface area contributed by atoms with Crippen molar-refractivity contribution in [2.45, 2.75) is 20.0 Å². The molecule has 1 rings (SSSR count). The van der Waals surface area contributed by atoms with E-state index in [1.54, 1.807) is 0 Å². The van der Waals surface area contributed by atoms with Crippen molar-refractivity contribution in [3.8, 4) is 0 Å². The number of aromatic nitrogens is 1. The number of ether oxygens (including phenoxy) is 2. The number of hydrogen-bond donors (Lipinski definition) is 1. The lowest BCUT2D eigenvalue weighted by Gasteiger charge is -2.02. The van der Waals surface area contributed by atoms with E-state index in [1.807, 2.05) is 5.38 Å². The largest absolute Gasteiger partial charge is 0.379 e. The number of rotatable bonds is 7. The van der Waals surface area contributed by atoms with E-state index >= 15 is 0 Å². The van der Waals surface area contributed by atoms with Crippen molar-refractivity contribution < 1.29 is 9.47 Å². The van der Waals surface area contributed by atoms with Crippen molar-refractivity contribution in [3.05, 3.63) is 11.1 Å². The van der Waals surface area contributed by atoms with E-state index in [2.05, 4.69) is 11.9 Å². The first-order chi connectivity index (χ1) is 6.83. The molecule has 0 fully saturated rings. The quantitative estimate of drug-likeness (QED) is 0.704. The fraction of sp³-hybridized carbons (Fsp3) is 0.667. The molecule has 1 heterocycles. The molecule has 0 saturated heterocycles. The van der Waals surface area contributed by atoms with Gasteiger partial charge in [-0.15, -0.1) is 11.3 Å². The number of thiazole rings is 1. The summed E-state index contributed by atoms with van der Waals surface area (Å²) in [5, 5.41) is 2.49. The summed E-state index contributed by atoms with van der Waals surface area (Å²) in [5.41, 5.74) is 6.37. The molecule has 0 saturated carbocycles. The van der Waals surface area contributed by atoms with Crippen LogP contribution in [0.25, 0.3) is 0 Å². The Labute approximate surface area is 88.0 Å². The highest BCUT2D eigenvalue weighted by molar-refractivity contribution is 7.13. The Kier molecular flexibility index (Phi) is 5.51. The maximum Gasteiger partial charge on any atom is 0.180 e. The van der Waals surface area contributed by atoms with Crippen molar-refractivity contribution in [1.82, 2.24) is 4.98 Å². The highest BCUT2D eigenvalue weighted by Gasteiger charge is 1.97. The normalized spacial score (nSPS) is 10.6. The molecule has 0 bridgehead atoms. The summed E-state index contributed by atoms with van der Waals surface area (Å²) in [6, 6.07) is 0. The highest BCUT2D eigenvalue weighted by atomic mass is 32.1. The lowest BCUT2D eigenvalue weighted by molar-refractivity contribution is 0.0399. The van der Waals surface area contributed by atoms with Crippen LogP contribution in [0, 0.1) is 0 Å². The van der Waals surface area contributed by atoms with Crippen LogP contribution in [0.5, 0.6) is 0 Å². The van der Waals surface area contributed by atoms with Gasteiger partial charge in [-0.05, 0) is 6.42 Å². The number of nitrogens with zero attached hydrogens (tertiary/aromatic N) is 1. The first-order valence-electron chi connectivity index (χ1n) is 4.68. The Hall–Kier alpha value is -0.650. The Balaban J connectivity index is 1.99. The topological polar surface area (TPSA) is 57.4 Å². The molecule has 1 aromatic heterocycles. The molecular weight excluding hydrogens is 200 g/mol. The van der Waals surface area contributed by atoms with E-state index in [1.165, 1.54) is 11.3 Å². The van der Waals surface area contributed by atoms with Crippen molar-refractivity contribution in [1.29, 1.82) is 0 Å². The molecule has 0 radical (unpaired) electrons. The minimum absolute atomic E-state index is 0.517. The molecule has 14 heavy (non-hydrogen) atoms. The lowest BCUT2D eigenvalue weighted by Crippen LogP contribution is -2.05. The second-order valence-corrected chi connectivity index (χ2v) is 3.73. The van der Waals surface area contributed by atoms with Gasteiger partial charge in [0.1, 0.15) is 0 Å². The van der Waals surface area contributed by atoms with Gasteiger partial charge in [0, 0.05) is 12.0 Å². The maximum atomic E-state index is 5.48. The third-order valence-electron chi connectivity index (χ3n) is 1.54. The lowest BCUT2D eigenvalue weighted by atomic mass is 10.5. The SMILES string of the molecule is CCCOCCOCc1csc(N)n1. The number of hydrogen-bond acceptors (Lipinski definition) is 5. The molecule has 0 aromatic carbocycles. The van der Waals surface area contributed by atoms with Crippen LogP contribution >= 0.6 is 11.3 Å². The Bertz CT molecular complexity index is 253. The highest BCUT2D eigenvalue weighted by Crippen LogP contribution is 2.11. The van der Waals surface area contributed by atoms with E-state index < -0.39 is 0 Å². The molecule has 80 valence electrons. The summed E-state index contributed by atoms with van der Waals surface area (Å²) < 4.78 is 10.6. The van der Waals surface area contributed by atoms with Crippen LogP contribution < -0.4 is 5.73 Å². The fourth-order valence-corrected chi connectivity index (χ4v) is 1.48. The van der Waals surface area contributed by atoms with Crippen LogP contribution in [0.4, 0.5) is 5.13 Å². The van der Waals surface area contributed by atoms with Crippen molar-refractivity contribution in [2.75, 3.05) is 25.6 Å². The molecular formula is C9H16N2O2S. The summed E-state index contributed by atoms with van der Waals surface area (Å²) in [4.78, 5) is 4.08. The van der Waals surface area contributed by atoms with Gasteiger partial charge in [0.05, 0.1) is 25.5 Å². The van der Waals surface area contributed by atoms with Crippen molar-refractivity contribution >= 4 is 16.5 Å². The van der Waals surface area contributed by atoms with E-state index in [0.717, 1.165) is 18.7 Å². The Morgan fingerprint density at radius 1 is 1.36 bits per heavy atom. The Morgan fingerprint density at radius 2 is 2.14 bits per heavy atom. The van der Waals surface area contributed by atoms with Crippen LogP contribution in [-0.2, 0) is 16.1 Å². The molecule has 0 aliphatic carbocycles. The molecule has 4 nitrogen and oxygen atoms in total. The molecule has 2 N–H and O–H groups in total. The number of nitrogen functional groups attached to an aromatic ring is 1. The predicted molar refractivity (Wildman–Crippen MR) is 57.3 cm³/mol. The van der Waals surface area contributed by atoms with Gasteiger partial charge in [-0.2, -0.15) is 0 Å². The van der Waals surface area contributed by atoms with Gasteiger partial charge in [-0.3, -0.25) is 0 Å². The first-order valence-corrected chi connectivity index (χ1v) is 5.56. The summed E-state index contributed by atoms with van der Waals surface area (Å²) in [7, 11) is 0. The molecule has 0 unspecified atom stereocenters. The Morgan fingerprint density at radius 3 is 2.79 bits per heavy atom. The van der Waals surface area contributed by atoms with Crippen LogP contribution in [0.1, 0.15) is 19.0 Å². The number of nitrogens with two attached hydrogens (primary N) is 1. The summed E-state index contributed by atoms with van der Waals surface area (Å²) in [5.74, 6) is 0. The fourth-order valence-electron chi connectivity index (χ4n) is 0.930. The van der Waals surface area contributed by atoms with Crippen LogP contribution in [-0.4, -0.2) is 24.8 Å². The monoisotopic (exact) mass is 216 g/mol. The second-order valence-electron chi connectivity index (χ2n) is 2.84. The second kappa shape index (κ2) is 6.75. The standard InChI is InChI=1S/C9H16N2O2S/c1-2-3-12-4-5-13-6-8-7-14-9(10)11-8/h7H,2-6H2,1H3,(H2,10,11). The van der Waals surface area contributed by atoms with E-state index in [-0.39, 0.29) is 0 Å². The summed E-state index contributed by atoms with van der Waals surface area (Å²) in [6.07, 6.45) is 1.04. The maximum absolute atomic E-state index is 5.48. The van der Waals surface area contributed by atoms with Gasteiger partial charge in [-0.1, -0.05) is 6.92 Å². The van der Waals surface area contributed by atoms with Gasteiger partial charge in [0.15, 0.2) is 5.13 Å². The molecule has 0 amide bonds. The minimum atomic E-state index is 0.517. The molecule has 0 atom stereocenters. The predicted octanol–water partition coefficient (Wildman–Crippen LogP) is 1.67. The molecule has 0 aliphatic rings. The average molecular weight is 216 g/mol. The van der Waals surface area contributed by atoms with Gasteiger partial charge in [0.25, 0.3) is 0 Å². The summed E-state index contributed by atoms with van der Waals surface area (Å²) >= 11 is 1.43. The third-order valence-corrected chi connectivity index (χ3v) is 2.26. The van der Waals surface area contributed by atoms with Gasteiger partial charge in [-0.25, -0.2) is 4.98 Å². The van der Waals surface area contributed by atoms with Crippen LogP contribution in [0.3, 0.4) is 0 Å². The third kappa shape index (κ3) is 4.55. The average Bonchev–Trinajstić information content (AvgIpc) is 2.58. The van der Waals surface area contributed by atoms with Crippen LogP contribution in [0.15, 0.2) is 5.38 Å². The zero-order valence-corrected chi connectivity index (χ0v) is 9.18. The number of anilines is 1. The molecule has 1 aromatic rings. The van der Waals surface area contributed by atoms with E-state index in [4.69, 9.17) is 15.2 Å². The molecule has 0 spiro atoms. The van der Waals surface area contributed by atoms with Gasteiger partial charge >= 0.3 is 0 Å². The first kappa shape index (κ1) is 11.4.